The molecule has 20 heavy (non-hydrogen) atoms. The molecule has 2 nitrogen and oxygen atoms in total. The minimum absolute atomic E-state index is 0.0466. The number of benzene rings is 2. The molecule has 2 rings (SSSR count). The largest absolute Gasteiger partial charge is 0.497 e. The van der Waals surface area contributed by atoms with Gasteiger partial charge in [0.25, 0.3) is 0 Å². The number of rotatable bonds is 4. The third kappa shape index (κ3) is 3.17. The van der Waals surface area contributed by atoms with Crippen LogP contribution in [0, 0.1) is 6.92 Å². The summed E-state index contributed by atoms with van der Waals surface area (Å²) in [5.41, 5.74) is 3.41. The maximum atomic E-state index is 6.37. The van der Waals surface area contributed by atoms with Crippen molar-refractivity contribution >= 4 is 27.5 Å². The predicted octanol–water partition coefficient (Wildman–Crippen LogP) is 4.73. The minimum Gasteiger partial charge on any atom is -0.497 e. The first-order valence-electron chi connectivity index (χ1n) is 6.33. The van der Waals surface area contributed by atoms with Crippen molar-refractivity contribution in [3.05, 3.63) is 62.6 Å². The summed E-state index contributed by atoms with van der Waals surface area (Å²) in [7, 11) is 3.57. The number of nitrogens with one attached hydrogen (secondary N) is 1. The second kappa shape index (κ2) is 6.61. The van der Waals surface area contributed by atoms with Crippen LogP contribution < -0.4 is 10.1 Å². The van der Waals surface area contributed by atoms with E-state index in [1.54, 1.807) is 7.11 Å². The van der Waals surface area contributed by atoms with E-state index in [4.69, 9.17) is 16.3 Å². The summed E-state index contributed by atoms with van der Waals surface area (Å²) in [6.45, 7) is 2.07. The van der Waals surface area contributed by atoms with Gasteiger partial charge in [-0.2, -0.15) is 0 Å². The topological polar surface area (TPSA) is 21.3 Å². The Morgan fingerprint density at radius 3 is 2.50 bits per heavy atom. The highest BCUT2D eigenvalue weighted by atomic mass is 79.9. The molecule has 0 saturated heterocycles. The molecule has 0 aliphatic rings. The maximum absolute atomic E-state index is 6.37. The van der Waals surface area contributed by atoms with Gasteiger partial charge in [0, 0.05) is 9.50 Å². The SMILES string of the molecule is CNC(c1ccc(C)c(Br)c1)c1ccc(OC)cc1Cl. The Labute approximate surface area is 133 Å². The van der Waals surface area contributed by atoms with Gasteiger partial charge in [0.2, 0.25) is 0 Å². The second-order valence-corrected chi connectivity index (χ2v) is 5.88. The molecule has 0 spiro atoms. The average Bonchev–Trinajstić information content (AvgIpc) is 2.45. The van der Waals surface area contributed by atoms with E-state index in [1.165, 1.54) is 5.56 Å². The highest BCUT2D eigenvalue weighted by Gasteiger charge is 2.16. The van der Waals surface area contributed by atoms with E-state index in [1.807, 2.05) is 25.2 Å². The minimum atomic E-state index is 0.0466. The molecular formula is C16H17BrClNO. The number of methoxy groups -OCH3 is 1. The van der Waals surface area contributed by atoms with Gasteiger partial charge in [-0.15, -0.1) is 0 Å². The van der Waals surface area contributed by atoms with Crippen LogP contribution in [-0.2, 0) is 0 Å². The van der Waals surface area contributed by atoms with Gasteiger partial charge in [-0.1, -0.05) is 45.7 Å². The summed E-state index contributed by atoms with van der Waals surface area (Å²) in [6.07, 6.45) is 0. The fourth-order valence-electron chi connectivity index (χ4n) is 2.16. The summed E-state index contributed by atoms with van der Waals surface area (Å²) in [4.78, 5) is 0. The third-order valence-corrected chi connectivity index (χ3v) is 4.52. The quantitative estimate of drug-likeness (QED) is 0.857. The lowest BCUT2D eigenvalue weighted by Gasteiger charge is -2.20. The van der Waals surface area contributed by atoms with Crippen molar-refractivity contribution in [2.75, 3.05) is 14.2 Å². The van der Waals surface area contributed by atoms with Crippen molar-refractivity contribution in [2.45, 2.75) is 13.0 Å². The Bertz CT molecular complexity index is 615. The van der Waals surface area contributed by atoms with Gasteiger partial charge in [0.05, 0.1) is 13.2 Å². The van der Waals surface area contributed by atoms with E-state index in [0.717, 1.165) is 21.3 Å². The monoisotopic (exact) mass is 353 g/mol. The van der Waals surface area contributed by atoms with Crippen LogP contribution in [0.4, 0.5) is 0 Å². The molecule has 4 heteroatoms. The number of aryl methyl sites for hydroxylation is 1. The molecule has 2 aromatic carbocycles. The van der Waals surface area contributed by atoms with E-state index in [-0.39, 0.29) is 6.04 Å². The normalized spacial score (nSPS) is 12.2. The first kappa shape index (κ1) is 15.4. The zero-order chi connectivity index (χ0) is 14.7. The smallest absolute Gasteiger partial charge is 0.120 e. The highest BCUT2D eigenvalue weighted by Crippen LogP contribution is 2.32. The molecule has 1 N–H and O–H groups in total. The molecule has 0 aromatic heterocycles. The van der Waals surface area contributed by atoms with E-state index in [0.29, 0.717) is 5.02 Å². The van der Waals surface area contributed by atoms with Gasteiger partial charge in [-0.3, -0.25) is 0 Å². The van der Waals surface area contributed by atoms with Gasteiger partial charge >= 0.3 is 0 Å². The van der Waals surface area contributed by atoms with E-state index >= 15 is 0 Å². The van der Waals surface area contributed by atoms with Crippen molar-refractivity contribution < 1.29 is 4.74 Å². The van der Waals surface area contributed by atoms with Gasteiger partial charge in [0.1, 0.15) is 5.75 Å². The molecule has 0 amide bonds. The molecule has 0 aliphatic carbocycles. The van der Waals surface area contributed by atoms with Crippen LogP contribution in [-0.4, -0.2) is 14.2 Å². The number of halogens is 2. The molecule has 0 heterocycles. The fourth-order valence-corrected chi connectivity index (χ4v) is 2.84. The summed E-state index contributed by atoms with van der Waals surface area (Å²) in [6, 6.07) is 12.1. The van der Waals surface area contributed by atoms with Crippen molar-refractivity contribution in [2.24, 2.45) is 0 Å². The van der Waals surface area contributed by atoms with Crippen LogP contribution in [0.2, 0.25) is 5.02 Å². The summed E-state index contributed by atoms with van der Waals surface area (Å²) in [5.74, 6) is 0.763. The van der Waals surface area contributed by atoms with Crippen LogP contribution in [0.15, 0.2) is 40.9 Å². The number of hydrogen-bond donors (Lipinski definition) is 1. The van der Waals surface area contributed by atoms with Crippen molar-refractivity contribution in [3.8, 4) is 5.75 Å². The first-order chi connectivity index (χ1) is 9.56. The molecular weight excluding hydrogens is 338 g/mol. The molecule has 106 valence electrons. The van der Waals surface area contributed by atoms with Gasteiger partial charge in [-0.05, 0) is 48.9 Å². The fraction of sp³-hybridized carbons (Fsp3) is 0.250. The Morgan fingerprint density at radius 2 is 1.95 bits per heavy atom. The van der Waals surface area contributed by atoms with Crippen LogP contribution in [0.25, 0.3) is 0 Å². The average molecular weight is 355 g/mol. The predicted molar refractivity (Wildman–Crippen MR) is 87.8 cm³/mol. The highest BCUT2D eigenvalue weighted by molar-refractivity contribution is 9.10. The van der Waals surface area contributed by atoms with E-state index < -0.39 is 0 Å². The van der Waals surface area contributed by atoms with Gasteiger partial charge in [0.15, 0.2) is 0 Å². The second-order valence-electron chi connectivity index (χ2n) is 4.62. The zero-order valence-electron chi connectivity index (χ0n) is 11.7. The third-order valence-electron chi connectivity index (χ3n) is 3.34. The molecule has 2 aromatic rings. The first-order valence-corrected chi connectivity index (χ1v) is 7.50. The zero-order valence-corrected chi connectivity index (χ0v) is 14.0. The molecule has 1 atom stereocenters. The summed E-state index contributed by atoms with van der Waals surface area (Å²) >= 11 is 9.95. The number of hydrogen-bond acceptors (Lipinski definition) is 2. The lowest BCUT2D eigenvalue weighted by molar-refractivity contribution is 0.414. The van der Waals surface area contributed by atoms with Gasteiger partial charge < -0.3 is 10.1 Å². The summed E-state index contributed by atoms with van der Waals surface area (Å²) < 4.78 is 6.29. The number of ether oxygens (including phenoxy) is 1. The Kier molecular flexibility index (Phi) is 5.08. The van der Waals surface area contributed by atoms with E-state index in [2.05, 4.69) is 46.4 Å². The Morgan fingerprint density at radius 1 is 1.20 bits per heavy atom. The van der Waals surface area contributed by atoms with Gasteiger partial charge in [-0.25, -0.2) is 0 Å². The molecule has 0 radical (unpaired) electrons. The van der Waals surface area contributed by atoms with Crippen LogP contribution >= 0.6 is 27.5 Å². The standard InChI is InChI=1S/C16H17BrClNO/c1-10-4-5-11(8-14(10)17)16(19-2)13-7-6-12(20-3)9-15(13)18/h4-9,16,19H,1-3H3. The molecule has 0 fully saturated rings. The Hall–Kier alpha value is -1.03. The molecule has 0 bridgehead atoms. The maximum Gasteiger partial charge on any atom is 0.120 e. The van der Waals surface area contributed by atoms with Crippen molar-refractivity contribution in [1.29, 1.82) is 0 Å². The lowest BCUT2D eigenvalue weighted by atomic mass is 9.98. The Balaban J connectivity index is 2.43. The molecule has 1 unspecified atom stereocenters. The van der Waals surface area contributed by atoms with Crippen LogP contribution in [0.3, 0.4) is 0 Å². The lowest BCUT2D eigenvalue weighted by Crippen LogP contribution is -2.18. The molecule has 0 saturated carbocycles. The van der Waals surface area contributed by atoms with Crippen LogP contribution in [0.1, 0.15) is 22.7 Å². The van der Waals surface area contributed by atoms with E-state index in [9.17, 15) is 0 Å². The summed E-state index contributed by atoms with van der Waals surface area (Å²) in [5, 5.41) is 4.01. The van der Waals surface area contributed by atoms with Crippen LogP contribution in [0.5, 0.6) is 5.75 Å². The van der Waals surface area contributed by atoms with Crippen molar-refractivity contribution in [1.82, 2.24) is 5.32 Å². The molecule has 0 aliphatic heterocycles. The van der Waals surface area contributed by atoms with Crippen molar-refractivity contribution in [3.63, 3.8) is 0 Å².